The maximum Gasteiger partial charge on any atom is 0.191 e. The van der Waals surface area contributed by atoms with Crippen LogP contribution in [0.1, 0.15) is 12.5 Å². The molecule has 18 heavy (non-hydrogen) atoms. The van der Waals surface area contributed by atoms with Crippen molar-refractivity contribution in [3.05, 3.63) is 48.0 Å². The van der Waals surface area contributed by atoms with Gasteiger partial charge in [0.25, 0.3) is 0 Å². The minimum Gasteiger partial charge on any atom is -0.352 e. The molecule has 2 aromatic carbocycles. The Morgan fingerprint density at radius 1 is 1.22 bits per heavy atom. The highest BCUT2D eigenvalue weighted by atomic mass is 15.2. The summed E-state index contributed by atoms with van der Waals surface area (Å²) in [6.45, 7) is 3.80. The molecular formula is C15H17N3. The van der Waals surface area contributed by atoms with Crippen molar-refractivity contribution in [2.75, 3.05) is 6.54 Å². The molecule has 92 valence electrons. The van der Waals surface area contributed by atoms with Crippen molar-refractivity contribution in [1.29, 1.82) is 0 Å². The number of nitrogens with zero attached hydrogens (tertiary/aromatic N) is 1. The van der Waals surface area contributed by atoms with Gasteiger partial charge in [-0.2, -0.15) is 0 Å². The predicted molar refractivity (Wildman–Crippen MR) is 75.7 cm³/mol. The molecular weight excluding hydrogens is 222 g/mol. The molecule has 0 amide bonds. The summed E-state index contributed by atoms with van der Waals surface area (Å²) in [7, 11) is 0. The number of nitrogens with one attached hydrogen (secondary N) is 2. The van der Waals surface area contributed by atoms with E-state index in [1.807, 2.05) is 0 Å². The molecule has 0 saturated carbocycles. The van der Waals surface area contributed by atoms with E-state index in [2.05, 4.69) is 65.0 Å². The number of aliphatic imine (C=N–C) groups is 1. The third-order valence-corrected chi connectivity index (χ3v) is 3.18. The lowest BCUT2D eigenvalue weighted by atomic mass is 10.1. The predicted octanol–water partition coefficient (Wildman–Crippen LogP) is 2.28. The summed E-state index contributed by atoms with van der Waals surface area (Å²) < 4.78 is 0. The SMILES string of the molecule is CC1CN=C(NCc2ccc3ccccc3c2)N1. The molecule has 2 aromatic rings. The first-order chi connectivity index (χ1) is 8.81. The number of fused-ring (bicyclic) bond motifs is 1. The number of rotatable bonds is 2. The summed E-state index contributed by atoms with van der Waals surface area (Å²) in [6, 6.07) is 15.4. The number of hydrogen-bond donors (Lipinski definition) is 2. The third-order valence-electron chi connectivity index (χ3n) is 3.18. The Balaban J connectivity index is 1.71. The van der Waals surface area contributed by atoms with Crippen molar-refractivity contribution in [3.8, 4) is 0 Å². The lowest BCUT2D eigenvalue weighted by Crippen LogP contribution is -2.37. The standard InChI is InChI=1S/C15H17N3/c1-11-9-16-15(18-11)17-10-12-6-7-13-4-2-3-5-14(13)8-12/h2-8,11H,9-10H2,1H3,(H2,16,17,18). The normalized spacial score (nSPS) is 18.5. The molecule has 3 nitrogen and oxygen atoms in total. The van der Waals surface area contributed by atoms with E-state index in [1.54, 1.807) is 0 Å². The molecule has 1 heterocycles. The van der Waals surface area contributed by atoms with E-state index in [-0.39, 0.29) is 0 Å². The molecule has 1 unspecified atom stereocenters. The van der Waals surface area contributed by atoms with Crippen LogP contribution in [0.3, 0.4) is 0 Å². The van der Waals surface area contributed by atoms with Gasteiger partial charge in [-0.15, -0.1) is 0 Å². The van der Waals surface area contributed by atoms with Crippen LogP contribution in [0.5, 0.6) is 0 Å². The fraction of sp³-hybridized carbons (Fsp3) is 0.267. The molecule has 1 aliphatic heterocycles. The van der Waals surface area contributed by atoms with Crippen LogP contribution in [0.15, 0.2) is 47.5 Å². The molecule has 0 saturated heterocycles. The van der Waals surface area contributed by atoms with Crippen molar-refractivity contribution in [2.45, 2.75) is 19.5 Å². The molecule has 0 fully saturated rings. The zero-order valence-electron chi connectivity index (χ0n) is 10.5. The fourth-order valence-corrected chi connectivity index (χ4v) is 2.19. The summed E-state index contributed by atoms with van der Waals surface area (Å²) in [5.74, 6) is 0.913. The van der Waals surface area contributed by atoms with E-state index >= 15 is 0 Å². The van der Waals surface area contributed by atoms with Gasteiger partial charge < -0.3 is 10.6 Å². The quantitative estimate of drug-likeness (QED) is 0.843. The highest BCUT2D eigenvalue weighted by molar-refractivity contribution is 5.84. The van der Waals surface area contributed by atoms with Gasteiger partial charge in [-0.05, 0) is 29.3 Å². The van der Waals surface area contributed by atoms with Crippen molar-refractivity contribution in [2.24, 2.45) is 4.99 Å². The first-order valence-corrected chi connectivity index (χ1v) is 6.34. The Hall–Kier alpha value is -2.03. The Kier molecular flexibility index (Phi) is 2.89. The van der Waals surface area contributed by atoms with Gasteiger partial charge in [-0.1, -0.05) is 36.4 Å². The first-order valence-electron chi connectivity index (χ1n) is 6.34. The van der Waals surface area contributed by atoms with E-state index in [1.165, 1.54) is 16.3 Å². The van der Waals surface area contributed by atoms with Gasteiger partial charge in [-0.3, -0.25) is 4.99 Å². The zero-order chi connectivity index (χ0) is 12.4. The van der Waals surface area contributed by atoms with Crippen molar-refractivity contribution >= 4 is 16.7 Å². The summed E-state index contributed by atoms with van der Waals surface area (Å²) in [5, 5.41) is 9.20. The van der Waals surface area contributed by atoms with Gasteiger partial charge in [0.1, 0.15) is 0 Å². The van der Waals surface area contributed by atoms with Gasteiger partial charge in [-0.25, -0.2) is 0 Å². The van der Waals surface area contributed by atoms with Crippen LogP contribution in [0.25, 0.3) is 10.8 Å². The third kappa shape index (κ3) is 2.30. The molecule has 0 aromatic heterocycles. The Morgan fingerprint density at radius 3 is 2.83 bits per heavy atom. The maximum atomic E-state index is 4.39. The lowest BCUT2D eigenvalue weighted by molar-refractivity contribution is 0.713. The summed E-state index contributed by atoms with van der Waals surface area (Å²) in [4.78, 5) is 4.39. The van der Waals surface area contributed by atoms with Crippen LogP contribution in [-0.2, 0) is 6.54 Å². The van der Waals surface area contributed by atoms with Gasteiger partial charge in [0.2, 0.25) is 0 Å². The number of benzene rings is 2. The van der Waals surface area contributed by atoms with Gasteiger partial charge in [0.15, 0.2) is 5.96 Å². The zero-order valence-corrected chi connectivity index (χ0v) is 10.5. The lowest BCUT2D eigenvalue weighted by Gasteiger charge is -2.09. The second-order valence-corrected chi connectivity index (χ2v) is 4.77. The molecule has 3 rings (SSSR count). The highest BCUT2D eigenvalue weighted by Crippen LogP contribution is 2.15. The van der Waals surface area contributed by atoms with Crippen LogP contribution in [0.2, 0.25) is 0 Å². The summed E-state index contributed by atoms with van der Waals surface area (Å²) in [6.07, 6.45) is 0. The monoisotopic (exact) mass is 239 g/mol. The molecule has 0 bridgehead atoms. The molecule has 0 radical (unpaired) electrons. The van der Waals surface area contributed by atoms with Crippen LogP contribution in [0.4, 0.5) is 0 Å². The van der Waals surface area contributed by atoms with Crippen LogP contribution < -0.4 is 10.6 Å². The largest absolute Gasteiger partial charge is 0.352 e. The number of guanidine groups is 1. The van der Waals surface area contributed by atoms with Crippen LogP contribution >= 0.6 is 0 Å². The van der Waals surface area contributed by atoms with Gasteiger partial charge in [0, 0.05) is 12.6 Å². The van der Waals surface area contributed by atoms with E-state index in [4.69, 9.17) is 0 Å². The van der Waals surface area contributed by atoms with Crippen LogP contribution in [0, 0.1) is 0 Å². The van der Waals surface area contributed by atoms with E-state index in [0.717, 1.165) is 19.0 Å². The molecule has 1 aliphatic rings. The second kappa shape index (κ2) is 4.69. The average molecular weight is 239 g/mol. The highest BCUT2D eigenvalue weighted by Gasteiger charge is 2.11. The smallest absolute Gasteiger partial charge is 0.191 e. The Bertz CT molecular complexity index is 589. The second-order valence-electron chi connectivity index (χ2n) is 4.77. The van der Waals surface area contributed by atoms with Crippen molar-refractivity contribution in [3.63, 3.8) is 0 Å². The minimum absolute atomic E-state index is 0.448. The molecule has 0 spiro atoms. The fourth-order valence-electron chi connectivity index (χ4n) is 2.19. The molecule has 1 atom stereocenters. The van der Waals surface area contributed by atoms with Crippen molar-refractivity contribution < 1.29 is 0 Å². The van der Waals surface area contributed by atoms with Crippen molar-refractivity contribution in [1.82, 2.24) is 10.6 Å². The molecule has 0 aliphatic carbocycles. The Morgan fingerprint density at radius 2 is 2.06 bits per heavy atom. The van der Waals surface area contributed by atoms with Gasteiger partial charge in [0.05, 0.1) is 6.54 Å². The van der Waals surface area contributed by atoms with Gasteiger partial charge >= 0.3 is 0 Å². The van der Waals surface area contributed by atoms with Crippen LogP contribution in [-0.4, -0.2) is 18.5 Å². The number of hydrogen-bond acceptors (Lipinski definition) is 3. The first kappa shape index (κ1) is 11.1. The van der Waals surface area contributed by atoms with E-state index in [9.17, 15) is 0 Å². The summed E-state index contributed by atoms with van der Waals surface area (Å²) in [5.41, 5.74) is 1.28. The summed E-state index contributed by atoms with van der Waals surface area (Å²) >= 11 is 0. The average Bonchev–Trinajstić information content (AvgIpc) is 2.82. The maximum absolute atomic E-state index is 4.39. The molecule has 2 N–H and O–H groups in total. The van der Waals surface area contributed by atoms with E-state index < -0.39 is 0 Å². The minimum atomic E-state index is 0.448. The molecule has 3 heteroatoms. The topological polar surface area (TPSA) is 36.4 Å². The van der Waals surface area contributed by atoms with E-state index in [0.29, 0.717) is 6.04 Å². The Labute approximate surface area is 107 Å².